The molecule has 0 aliphatic rings. The van der Waals surface area contributed by atoms with Crippen LogP contribution in [-0.4, -0.2) is 16.2 Å². The molecular formula is C7H17O3PS. The summed E-state index contributed by atoms with van der Waals surface area (Å²) in [5.41, 5.74) is 0. The third-order valence-electron chi connectivity index (χ3n) is 1.23. The highest BCUT2D eigenvalue weighted by Crippen LogP contribution is 2.58. The molecule has 0 aromatic carbocycles. The summed E-state index contributed by atoms with van der Waals surface area (Å²) >= 11 is 1.02. The summed E-state index contributed by atoms with van der Waals surface area (Å²) in [4.78, 5) is 9.28. The quantitative estimate of drug-likeness (QED) is 0.711. The van der Waals surface area contributed by atoms with Gasteiger partial charge in [-0.2, -0.15) is 0 Å². The molecule has 0 saturated carbocycles. The van der Waals surface area contributed by atoms with E-state index in [0.29, 0.717) is 0 Å². The predicted molar refractivity (Wildman–Crippen MR) is 53.4 cm³/mol. The molecule has 0 aliphatic heterocycles. The van der Waals surface area contributed by atoms with Gasteiger partial charge in [0.25, 0.3) is 0 Å². The van der Waals surface area contributed by atoms with Crippen LogP contribution in [0.4, 0.5) is 0 Å². The first-order chi connectivity index (χ1) is 5.37. The van der Waals surface area contributed by atoms with E-state index in [2.05, 4.69) is 0 Å². The van der Waals surface area contributed by atoms with Crippen LogP contribution in [0.5, 0.6) is 0 Å². The van der Waals surface area contributed by atoms with Crippen LogP contribution in [0.1, 0.15) is 34.1 Å². The van der Waals surface area contributed by atoms with Crippen molar-refractivity contribution >= 4 is 18.2 Å². The van der Waals surface area contributed by atoms with Crippen LogP contribution in [0.25, 0.3) is 0 Å². The molecule has 2 atom stereocenters. The maximum Gasteiger partial charge on any atom is 0.387 e. The first-order valence-corrected chi connectivity index (χ1v) is 7.13. The monoisotopic (exact) mass is 212 g/mol. The zero-order chi connectivity index (χ0) is 9.78. The minimum Gasteiger partial charge on any atom is -0.316 e. The molecule has 3 nitrogen and oxygen atoms in total. The summed E-state index contributed by atoms with van der Waals surface area (Å²) < 4.78 is 16.2. The van der Waals surface area contributed by atoms with Gasteiger partial charge < -0.3 is 4.89 Å². The van der Waals surface area contributed by atoms with Crippen molar-refractivity contribution in [3.8, 4) is 0 Å². The molecule has 0 spiro atoms. The SMILES string of the molecule is CCC(C)SP(=O)(O)OC(C)C. The Labute approximate surface area is 78.2 Å². The van der Waals surface area contributed by atoms with Gasteiger partial charge in [0.2, 0.25) is 0 Å². The Morgan fingerprint density at radius 2 is 2.00 bits per heavy atom. The average molecular weight is 212 g/mol. The topological polar surface area (TPSA) is 46.5 Å². The third-order valence-corrected chi connectivity index (χ3v) is 5.02. The van der Waals surface area contributed by atoms with Crippen molar-refractivity contribution in [3.05, 3.63) is 0 Å². The third kappa shape index (κ3) is 6.06. The van der Waals surface area contributed by atoms with Crippen molar-refractivity contribution in [1.82, 2.24) is 0 Å². The Bertz CT molecular complexity index is 172. The molecule has 0 bridgehead atoms. The Morgan fingerprint density at radius 3 is 2.33 bits per heavy atom. The first-order valence-electron chi connectivity index (χ1n) is 4.07. The summed E-state index contributed by atoms with van der Waals surface area (Å²) in [6.45, 7) is 3.99. The van der Waals surface area contributed by atoms with E-state index in [-0.39, 0.29) is 11.4 Å². The minimum atomic E-state index is -3.40. The number of hydrogen-bond donors (Lipinski definition) is 1. The normalized spacial score (nSPS) is 19.2. The Morgan fingerprint density at radius 1 is 1.50 bits per heavy atom. The maximum absolute atomic E-state index is 11.3. The molecule has 0 amide bonds. The largest absolute Gasteiger partial charge is 0.387 e. The average Bonchev–Trinajstić information content (AvgIpc) is 1.83. The second-order valence-electron chi connectivity index (χ2n) is 2.95. The lowest BCUT2D eigenvalue weighted by atomic mass is 10.4. The molecule has 5 heteroatoms. The van der Waals surface area contributed by atoms with Crippen molar-refractivity contribution < 1.29 is 14.0 Å². The van der Waals surface area contributed by atoms with Gasteiger partial charge in [0, 0.05) is 5.25 Å². The molecule has 0 aliphatic carbocycles. The van der Waals surface area contributed by atoms with Crippen molar-refractivity contribution in [2.75, 3.05) is 0 Å². The van der Waals surface area contributed by atoms with Crippen LogP contribution in [0.2, 0.25) is 0 Å². The predicted octanol–water partition coefficient (Wildman–Crippen LogP) is 3.04. The van der Waals surface area contributed by atoms with E-state index in [4.69, 9.17) is 4.52 Å². The zero-order valence-corrected chi connectivity index (χ0v) is 9.69. The summed E-state index contributed by atoms with van der Waals surface area (Å²) in [6, 6.07) is 0. The highest BCUT2D eigenvalue weighted by atomic mass is 32.7. The summed E-state index contributed by atoms with van der Waals surface area (Å²) in [6.07, 6.45) is 0.675. The lowest BCUT2D eigenvalue weighted by molar-refractivity contribution is 0.217. The highest BCUT2D eigenvalue weighted by molar-refractivity contribution is 8.55. The Kier molecular flexibility index (Phi) is 5.50. The van der Waals surface area contributed by atoms with Gasteiger partial charge in [-0.1, -0.05) is 13.8 Å². The van der Waals surface area contributed by atoms with Crippen LogP contribution < -0.4 is 0 Å². The van der Waals surface area contributed by atoms with Gasteiger partial charge in [-0.25, -0.2) is 4.57 Å². The highest BCUT2D eigenvalue weighted by Gasteiger charge is 2.24. The summed E-state index contributed by atoms with van der Waals surface area (Å²) in [7, 11) is 0. The van der Waals surface area contributed by atoms with E-state index in [1.165, 1.54) is 0 Å². The summed E-state index contributed by atoms with van der Waals surface area (Å²) in [5.74, 6) is 0. The molecule has 0 aromatic rings. The van der Waals surface area contributed by atoms with Gasteiger partial charge in [-0.05, 0) is 31.7 Å². The first kappa shape index (κ1) is 12.5. The van der Waals surface area contributed by atoms with E-state index in [9.17, 15) is 9.46 Å². The molecule has 0 rings (SSSR count). The maximum atomic E-state index is 11.3. The van der Waals surface area contributed by atoms with E-state index in [1.807, 2.05) is 13.8 Å². The van der Waals surface area contributed by atoms with Crippen molar-refractivity contribution in [2.24, 2.45) is 0 Å². The summed E-state index contributed by atoms with van der Waals surface area (Å²) in [5, 5.41) is 0.166. The fourth-order valence-electron chi connectivity index (χ4n) is 0.593. The molecule has 0 aromatic heterocycles. The van der Waals surface area contributed by atoms with E-state index >= 15 is 0 Å². The van der Waals surface area contributed by atoms with Crippen molar-refractivity contribution in [3.63, 3.8) is 0 Å². The van der Waals surface area contributed by atoms with Crippen molar-refractivity contribution in [2.45, 2.75) is 45.5 Å². The number of rotatable bonds is 5. The fraction of sp³-hybridized carbons (Fsp3) is 1.00. The molecule has 0 radical (unpaired) electrons. The van der Waals surface area contributed by atoms with Crippen LogP contribution in [-0.2, 0) is 9.09 Å². The molecule has 1 N–H and O–H groups in total. The van der Waals surface area contributed by atoms with Gasteiger partial charge in [0.1, 0.15) is 0 Å². The van der Waals surface area contributed by atoms with Crippen LogP contribution in [0, 0.1) is 0 Å². The van der Waals surface area contributed by atoms with Gasteiger partial charge in [-0.3, -0.25) is 4.52 Å². The number of hydrogen-bond acceptors (Lipinski definition) is 3. The Hall–Kier alpha value is 0.500. The molecule has 0 fully saturated rings. The molecular weight excluding hydrogens is 195 g/mol. The zero-order valence-electron chi connectivity index (χ0n) is 7.98. The molecule has 74 valence electrons. The van der Waals surface area contributed by atoms with Crippen LogP contribution in [0.3, 0.4) is 0 Å². The molecule has 2 unspecified atom stereocenters. The second kappa shape index (κ2) is 5.28. The Balaban J connectivity index is 3.95. The molecule has 0 heterocycles. The van der Waals surface area contributed by atoms with Gasteiger partial charge in [-0.15, -0.1) is 0 Å². The smallest absolute Gasteiger partial charge is 0.316 e. The lowest BCUT2D eigenvalue weighted by Gasteiger charge is -2.16. The van der Waals surface area contributed by atoms with Gasteiger partial charge in [0.15, 0.2) is 0 Å². The van der Waals surface area contributed by atoms with Gasteiger partial charge in [0.05, 0.1) is 6.10 Å². The van der Waals surface area contributed by atoms with Crippen molar-refractivity contribution in [1.29, 1.82) is 0 Å². The minimum absolute atomic E-state index is 0.166. The van der Waals surface area contributed by atoms with Crippen LogP contribution in [0.15, 0.2) is 0 Å². The van der Waals surface area contributed by atoms with Gasteiger partial charge >= 0.3 is 6.80 Å². The van der Waals surface area contributed by atoms with E-state index in [1.54, 1.807) is 13.8 Å². The van der Waals surface area contributed by atoms with E-state index < -0.39 is 6.80 Å². The fourth-order valence-corrected chi connectivity index (χ4v) is 4.26. The molecule has 0 saturated heterocycles. The molecule has 12 heavy (non-hydrogen) atoms. The second-order valence-corrected chi connectivity index (χ2v) is 7.13. The lowest BCUT2D eigenvalue weighted by Crippen LogP contribution is -2.01. The van der Waals surface area contributed by atoms with E-state index in [0.717, 1.165) is 17.8 Å². The standard InChI is InChI=1S/C7H17O3PS/c1-5-7(4)12-11(8,9)10-6(2)3/h6-7H,5H2,1-4H3,(H,8,9). The van der Waals surface area contributed by atoms with Crippen LogP contribution >= 0.6 is 18.2 Å².